The normalized spacial score (nSPS) is 10.8. The topological polar surface area (TPSA) is 91.0 Å². The Morgan fingerprint density at radius 1 is 1.11 bits per heavy atom. The van der Waals surface area contributed by atoms with Crippen LogP contribution >= 0.6 is 0 Å². The van der Waals surface area contributed by atoms with Gasteiger partial charge in [0.15, 0.2) is 23.8 Å². The van der Waals surface area contributed by atoms with Gasteiger partial charge in [0.05, 0.1) is 11.9 Å². The summed E-state index contributed by atoms with van der Waals surface area (Å²) in [5.74, 6) is -1.27. The van der Waals surface area contributed by atoms with Gasteiger partial charge in [-0.3, -0.25) is 15.0 Å². The number of nitrogens with zero attached hydrogens (tertiary/aromatic N) is 4. The first-order valence-electron chi connectivity index (χ1n) is 8.31. The van der Waals surface area contributed by atoms with Gasteiger partial charge in [-0.2, -0.15) is 5.10 Å². The molecule has 0 aliphatic rings. The maximum atomic E-state index is 13.5. The minimum atomic E-state index is -0.637. The first-order chi connectivity index (χ1) is 13.6. The average molecular weight is 379 g/mol. The number of carbonyl (C=O) groups is 1. The second kappa shape index (κ2) is 7.31. The van der Waals surface area contributed by atoms with Crippen molar-refractivity contribution in [1.82, 2.24) is 19.4 Å². The number of rotatable bonds is 5. The molecule has 1 amide bonds. The van der Waals surface area contributed by atoms with Gasteiger partial charge in [-0.1, -0.05) is 30.3 Å². The highest BCUT2D eigenvalue weighted by atomic mass is 19.1. The highest BCUT2D eigenvalue weighted by Crippen LogP contribution is 2.15. The van der Waals surface area contributed by atoms with Crippen molar-refractivity contribution in [2.45, 2.75) is 0 Å². The number of carbonyl (C=O) groups excluding carboxylic acids is 1. The van der Waals surface area contributed by atoms with E-state index in [9.17, 15) is 14.0 Å². The van der Waals surface area contributed by atoms with Crippen molar-refractivity contribution in [3.8, 4) is 11.4 Å². The van der Waals surface area contributed by atoms with E-state index < -0.39 is 23.9 Å². The predicted molar refractivity (Wildman–Crippen MR) is 99.4 cm³/mol. The van der Waals surface area contributed by atoms with Gasteiger partial charge >= 0.3 is 0 Å². The zero-order valence-electron chi connectivity index (χ0n) is 14.4. The summed E-state index contributed by atoms with van der Waals surface area (Å²) in [6.07, 6.45) is 2.57. The highest BCUT2D eigenvalue weighted by molar-refractivity contribution is 5.85. The van der Waals surface area contributed by atoms with Crippen molar-refractivity contribution in [2.24, 2.45) is 0 Å². The Labute approximate surface area is 157 Å². The van der Waals surface area contributed by atoms with E-state index in [4.69, 9.17) is 4.74 Å². The van der Waals surface area contributed by atoms with Crippen LogP contribution in [0.25, 0.3) is 16.7 Å². The largest absolute Gasteiger partial charge is 0.481 e. The fourth-order valence-electron chi connectivity index (χ4n) is 2.62. The van der Waals surface area contributed by atoms with Crippen molar-refractivity contribution >= 4 is 16.9 Å². The van der Waals surface area contributed by atoms with Crippen LogP contribution in [0.1, 0.15) is 0 Å². The second-order valence-corrected chi connectivity index (χ2v) is 5.80. The van der Waals surface area contributed by atoms with Crippen LogP contribution in [0.2, 0.25) is 0 Å². The molecular formula is C19H14FN5O3. The molecule has 1 N–H and O–H groups in total. The van der Waals surface area contributed by atoms with Gasteiger partial charge in [0.1, 0.15) is 11.7 Å². The van der Waals surface area contributed by atoms with Gasteiger partial charge in [-0.05, 0) is 24.3 Å². The first kappa shape index (κ1) is 17.4. The lowest BCUT2D eigenvalue weighted by atomic mass is 10.3. The van der Waals surface area contributed by atoms with Crippen molar-refractivity contribution in [3.63, 3.8) is 0 Å². The zero-order chi connectivity index (χ0) is 19.5. The lowest BCUT2D eigenvalue weighted by Crippen LogP contribution is -2.35. The molecule has 140 valence electrons. The maximum Gasteiger partial charge on any atom is 0.283 e. The van der Waals surface area contributed by atoms with Gasteiger partial charge in [0.25, 0.3) is 11.5 Å². The second-order valence-electron chi connectivity index (χ2n) is 5.80. The Morgan fingerprint density at radius 2 is 1.86 bits per heavy atom. The number of nitrogens with one attached hydrogen (secondary N) is 1. The molecule has 0 radical (unpaired) electrons. The van der Waals surface area contributed by atoms with Gasteiger partial charge < -0.3 is 4.74 Å². The minimum Gasteiger partial charge on any atom is -0.481 e. The summed E-state index contributed by atoms with van der Waals surface area (Å²) in [6.45, 7) is -0.464. The molecule has 2 aromatic carbocycles. The third-order valence-electron chi connectivity index (χ3n) is 3.93. The molecule has 2 heterocycles. The molecule has 0 saturated carbocycles. The SMILES string of the molecule is O=C(COc1ccccc1F)Nn1cnc2c(cnn2-c2ccccc2)c1=O. The molecule has 0 fully saturated rings. The van der Waals surface area contributed by atoms with Crippen LogP contribution in [0.4, 0.5) is 4.39 Å². The summed E-state index contributed by atoms with van der Waals surface area (Å²) in [5.41, 5.74) is 2.98. The number of fused-ring (bicyclic) bond motifs is 1. The quantitative estimate of drug-likeness (QED) is 0.572. The Kier molecular flexibility index (Phi) is 4.55. The summed E-state index contributed by atoms with van der Waals surface area (Å²) in [7, 11) is 0. The van der Waals surface area contributed by atoms with E-state index >= 15 is 0 Å². The molecule has 2 aromatic heterocycles. The molecule has 0 spiro atoms. The number of halogens is 1. The van der Waals surface area contributed by atoms with Crippen molar-refractivity contribution < 1.29 is 13.9 Å². The monoisotopic (exact) mass is 379 g/mol. The summed E-state index contributed by atoms with van der Waals surface area (Å²) in [6, 6.07) is 15.0. The zero-order valence-corrected chi connectivity index (χ0v) is 14.4. The molecule has 8 nitrogen and oxygen atoms in total. The van der Waals surface area contributed by atoms with Crippen molar-refractivity contribution in [1.29, 1.82) is 0 Å². The molecule has 0 atom stereocenters. The van der Waals surface area contributed by atoms with Gasteiger partial charge in [0.2, 0.25) is 0 Å². The van der Waals surface area contributed by atoms with E-state index in [1.165, 1.54) is 35.4 Å². The third-order valence-corrected chi connectivity index (χ3v) is 3.93. The smallest absolute Gasteiger partial charge is 0.283 e. The van der Waals surface area contributed by atoms with Gasteiger partial charge in [0, 0.05) is 0 Å². The number of ether oxygens (including phenoxy) is 1. The summed E-state index contributed by atoms with van der Waals surface area (Å²) in [5, 5.41) is 4.43. The van der Waals surface area contributed by atoms with E-state index in [0.717, 1.165) is 10.4 Å². The Hall–Kier alpha value is -4.01. The molecular weight excluding hydrogens is 365 g/mol. The molecule has 9 heteroatoms. The van der Waals surface area contributed by atoms with E-state index in [-0.39, 0.29) is 11.1 Å². The van der Waals surface area contributed by atoms with Gasteiger partial charge in [-0.15, -0.1) is 0 Å². The number of amides is 1. The highest BCUT2D eigenvalue weighted by Gasteiger charge is 2.13. The lowest BCUT2D eigenvalue weighted by molar-refractivity contribution is -0.119. The molecule has 0 aliphatic heterocycles. The molecule has 0 unspecified atom stereocenters. The minimum absolute atomic E-state index is 0.0530. The molecule has 0 saturated heterocycles. The van der Waals surface area contributed by atoms with E-state index in [1.807, 2.05) is 30.3 Å². The molecule has 28 heavy (non-hydrogen) atoms. The summed E-state index contributed by atoms with van der Waals surface area (Å²) < 4.78 is 21.1. The van der Waals surface area contributed by atoms with E-state index in [0.29, 0.717) is 5.65 Å². The Morgan fingerprint density at radius 3 is 2.64 bits per heavy atom. The Bertz CT molecular complexity index is 1200. The van der Waals surface area contributed by atoms with Crippen LogP contribution in [0, 0.1) is 5.82 Å². The number of aromatic nitrogens is 4. The van der Waals surface area contributed by atoms with Crippen molar-refractivity contribution in [3.05, 3.63) is 83.3 Å². The number of hydrogen-bond acceptors (Lipinski definition) is 5. The van der Waals surface area contributed by atoms with Crippen LogP contribution in [-0.4, -0.2) is 32.0 Å². The molecule has 0 aliphatic carbocycles. The summed E-state index contributed by atoms with van der Waals surface area (Å²) >= 11 is 0. The standard InChI is InChI=1S/C19H14FN5O3/c20-15-8-4-5-9-16(15)28-11-17(26)23-24-12-21-18-14(19(24)27)10-22-25(18)13-6-2-1-3-7-13/h1-10,12H,11H2,(H,23,26). The fourth-order valence-corrected chi connectivity index (χ4v) is 2.62. The molecule has 4 rings (SSSR count). The predicted octanol–water partition coefficient (Wildman–Crippen LogP) is 1.87. The molecule has 4 aromatic rings. The summed E-state index contributed by atoms with van der Waals surface area (Å²) in [4.78, 5) is 28.8. The van der Waals surface area contributed by atoms with Crippen LogP contribution in [0.3, 0.4) is 0 Å². The van der Waals surface area contributed by atoms with Crippen molar-refractivity contribution in [2.75, 3.05) is 12.0 Å². The van der Waals surface area contributed by atoms with Crippen LogP contribution < -0.4 is 15.7 Å². The van der Waals surface area contributed by atoms with Crippen LogP contribution in [-0.2, 0) is 4.79 Å². The average Bonchev–Trinajstić information content (AvgIpc) is 3.15. The van der Waals surface area contributed by atoms with E-state index in [1.54, 1.807) is 6.07 Å². The number of hydrogen-bond donors (Lipinski definition) is 1. The molecule has 0 bridgehead atoms. The first-order valence-corrected chi connectivity index (χ1v) is 8.31. The third kappa shape index (κ3) is 3.32. The fraction of sp³-hybridized carbons (Fsp3) is 0.0526. The maximum absolute atomic E-state index is 13.5. The van der Waals surface area contributed by atoms with Gasteiger partial charge in [-0.25, -0.2) is 18.7 Å². The van der Waals surface area contributed by atoms with E-state index in [2.05, 4.69) is 15.5 Å². The lowest BCUT2D eigenvalue weighted by Gasteiger charge is -2.09. The number of para-hydroxylation sites is 2. The Balaban J connectivity index is 1.53. The van der Waals surface area contributed by atoms with Crippen LogP contribution in [0.15, 0.2) is 71.9 Å². The number of benzene rings is 2. The van der Waals surface area contributed by atoms with Crippen LogP contribution in [0.5, 0.6) is 5.75 Å².